The zero-order chi connectivity index (χ0) is 21.3. The SMILES string of the molecule is Cc1ccc(-c2nc3cccnc3s2)cc1NC(=O)C1(c2ccccc2)CCOCC1. The van der Waals surface area contributed by atoms with Crippen molar-refractivity contribution in [2.24, 2.45) is 0 Å². The molecule has 1 aliphatic rings. The zero-order valence-corrected chi connectivity index (χ0v) is 18.1. The monoisotopic (exact) mass is 429 g/mol. The summed E-state index contributed by atoms with van der Waals surface area (Å²) < 4.78 is 5.58. The van der Waals surface area contributed by atoms with E-state index in [1.807, 2.05) is 67.6 Å². The Morgan fingerprint density at radius 2 is 1.87 bits per heavy atom. The molecule has 6 heteroatoms. The summed E-state index contributed by atoms with van der Waals surface area (Å²) in [6.45, 7) is 3.18. The predicted octanol–water partition coefficient (Wildman–Crippen LogP) is 5.35. The second-order valence-corrected chi connectivity index (χ2v) is 8.87. The minimum atomic E-state index is -0.582. The van der Waals surface area contributed by atoms with Gasteiger partial charge in [0.2, 0.25) is 5.91 Å². The highest BCUT2D eigenvalue weighted by Gasteiger charge is 2.41. The number of pyridine rings is 1. The van der Waals surface area contributed by atoms with Crippen LogP contribution in [0.1, 0.15) is 24.0 Å². The summed E-state index contributed by atoms with van der Waals surface area (Å²) in [6, 6.07) is 20.0. The number of carbonyl (C=O) groups excluding carboxylic acids is 1. The molecule has 1 saturated heterocycles. The number of amides is 1. The number of benzene rings is 2. The van der Waals surface area contributed by atoms with Crippen LogP contribution in [0.3, 0.4) is 0 Å². The first-order valence-electron chi connectivity index (χ1n) is 10.4. The van der Waals surface area contributed by atoms with E-state index in [2.05, 4.69) is 10.3 Å². The van der Waals surface area contributed by atoms with E-state index in [0.29, 0.717) is 26.1 Å². The molecule has 0 aliphatic carbocycles. The Balaban J connectivity index is 1.48. The van der Waals surface area contributed by atoms with Gasteiger partial charge in [0.15, 0.2) is 0 Å². The Kier molecular flexibility index (Phi) is 5.26. The van der Waals surface area contributed by atoms with Gasteiger partial charge in [-0.15, -0.1) is 0 Å². The number of thiazole rings is 1. The van der Waals surface area contributed by atoms with Crippen LogP contribution in [0.25, 0.3) is 20.9 Å². The molecule has 1 amide bonds. The molecule has 1 aliphatic heterocycles. The van der Waals surface area contributed by atoms with E-state index in [0.717, 1.165) is 37.7 Å². The number of fused-ring (bicyclic) bond motifs is 1. The summed E-state index contributed by atoms with van der Waals surface area (Å²) in [5.74, 6) is 0.0215. The van der Waals surface area contributed by atoms with Crippen molar-refractivity contribution in [1.82, 2.24) is 9.97 Å². The third-order valence-electron chi connectivity index (χ3n) is 6.01. The van der Waals surface area contributed by atoms with Crippen LogP contribution in [-0.2, 0) is 14.9 Å². The van der Waals surface area contributed by atoms with E-state index in [-0.39, 0.29) is 5.91 Å². The van der Waals surface area contributed by atoms with Crippen molar-refractivity contribution in [2.75, 3.05) is 18.5 Å². The van der Waals surface area contributed by atoms with Gasteiger partial charge in [-0.3, -0.25) is 4.79 Å². The molecule has 0 unspecified atom stereocenters. The molecule has 1 N–H and O–H groups in total. The lowest BCUT2D eigenvalue weighted by atomic mass is 9.73. The molecule has 0 radical (unpaired) electrons. The molecule has 1 fully saturated rings. The smallest absolute Gasteiger partial charge is 0.235 e. The standard InChI is InChI=1S/C25H23N3O2S/c1-17-9-10-18(22-27-20-8-5-13-26-23(20)31-22)16-21(17)28-24(29)25(11-14-30-15-12-25)19-6-3-2-4-7-19/h2-10,13,16H,11-12,14-15H2,1H3,(H,28,29). The van der Waals surface area contributed by atoms with Crippen molar-refractivity contribution < 1.29 is 9.53 Å². The van der Waals surface area contributed by atoms with Crippen molar-refractivity contribution in [2.45, 2.75) is 25.2 Å². The fraction of sp³-hybridized carbons (Fsp3) is 0.240. The molecule has 5 rings (SSSR count). The van der Waals surface area contributed by atoms with Gasteiger partial charge in [-0.1, -0.05) is 53.8 Å². The molecule has 0 bridgehead atoms. The van der Waals surface area contributed by atoms with Gasteiger partial charge in [0.05, 0.1) is 5.41 Å². The normalized spacial score (nSPS) is 15.6. The molecular formula is C25H23N3O2S. The average Bonchev–Trinajstić information content (AvgIpc) is 3.26. The van der Waals surface area contributed by atoms with Gasteiger partial charge in [0.1, 0.15) is 15.4 Å². The van der Waals surface area contributed by atoms with Crippen LogP contribution in [0.2, 0.25) is 0 Å². The third-order valence-corrected chi connectivity index (χ3v) is 7.03. The highest BCUT2D eigenvalue weighted by atomic mass is 32.1. The molecule has 0 saturated carbocycles. The first kappa shape index (κ1) is 19.8. The maximum absolute atomic E-state index is 13.6. The third kappa shape index (κ3) is 3.73. The lowest BCUT2D eigenvalue weighted by Gasteiger charge is -2.36. The summed E-state index contributed by atoms with van der Waals surface area (Å²) in [7, 11) is 0. The topological polar surface area (TPSA) is 64.1 Å². The molecular weight excluding hydrogens is 406 g/mol. The molecule has 5 nitrogen and oxygen atoms in total. The largest absolute Gasteiger partial charge is 0.381 e. The summed E-state index contributed by atoms with van der Waals surface area (Å²) in [4.78, 5) is 23.7. The lowest BCUT2D eigenvalue weighted by Crippen LogP contribution is -2.44. The Hall–Kier alpha value is -3.09. The second kappa shape index (κ2) is 8.21. The van der Waals surface area contributed by atoms with Gasteiger partial charge >= 0.3 is 0 Å². The molecule has 0 spiro atoms. The van der Waals surface area contributed by atoms with E-state index in [1.165, 1.54) is 0 Å². The van der Waals surface area contributed by atoms with Crippen LogP contribution >= 0.6 is 11.3 Å². The molecule has 2 aromatic carbocycles. The average molecular weight is 430 g/mol. The molecule has 4 aromatic rings. The van der Waals surface area contributed by atoms with E-state index < -0.39 is 5.41 Å². The number of hydrogen-bond donors (Lipinski definition) is 1. The molecule has 2 aromatic heterocycles. The maximum atomic E-state index is 13.6. The van der Waals surface area contributed by atoms with Crippen LogP contribution in [-0.4, -0.2) is 29.1 Å². The van der Waals surface area contributed by atoms with E-state index in [1.54, 1.807) is 17.5 Å². The van der Waals surface area contributed by atoms with Crippen LogP contribution < -0.4 is 5.32 Å². The summed E-state index contributed by atoms with van der Waals surface area (Å²) >= 11 is 1.56. The van der Waals surface area contributed by atoms with Gasteiger partial charge < -0.3 is 10.1 Å². The summed E-state index contributed by atoms with van der Waals surface area (Å²) in [5, 5.41) is 4.13. The quantitative estimate of drug-likeness (QED) is 0.475. The zero-order valence-electron chi connectivity index (χ0n) is 17.3. The van der Waals surface area contributed by atoms with Gasteiger partial charge in [-0.2, -0.15) is 0 Å². The number of rotatable bonds is 4. The number of ether oxygens (including phenoxy) is 1. The van der Waals surface area contributed by atoms with Gasteiger partial charge in [-0.05, 0) is 49.1 Å². The van der Waals surface area contributed by atoms with Gasteiger partial charge in [-0.25, -0.2) is 9.97 Å². The molecule has 31 heavy (non-hydrogen) atoms. The van der Waals surface area contributed by atoms with Crippen LogP contribution in [0.4, 0.5) is 5.69 Å². The number of nitrogens with one attached hydrogen (secondary N) is 1. The first-order valence-corrected chi connectivity index (χ1v) is 11.2. The summed E-state index contributed by atoms with van der Waals surface area (Å²) in [5.41, 5.74) is 4.16. The number of anilines is 1. The highest BCUT2D eigenvalue weighted by Crippen LogP contribution is 2.37. The number of carbonyl (C=O) groups is 1. The van der Waals surface area contributed by atoms with Crippen molar-refractivity contribution in [3.05, 3.63) is 78.0 Å². The molecule has 0 atom stereocenters. The minimum Gasteiger partial charge on any atom is -0.381 e. The first-order chi connectivity index (χ1) is 15.2. The van der Waals surface area contributed by atoms with Crippen molar-refractivity contribution >= 4 is 33.3 Å². The van der Waals surface area contributed by atoms with Crippen molar-refractivity contribution in [1.29, 1.82) is 0 Å². The minimum absolute atomic E-state index is 0.0215. The maximum Gasteiger partial charge on any atom is 0.235 e. The van der Waals surface area contributed by atoms with E-state index in [9.17, 15) is 4.79 Å². The number of aryl methyl sites for hydroxylation is 1. The van der Waals surface area contributed by atoms with Crippen molar-refractivity contribution in [3.63, 3.8) is 0 Å². The van der Waals surface area contributed by atoms with Crippen LogP contribution in [0.15, 0.2) is 66.9 Å². The fourth-order valence-electron chi connectivity index (χ4n) is 4.15. The number of aromatic nitrogens is 2. The fourth-order valence-corrected chi connectivity index (χ4v) is 5.05. The number of nitrogens with zero attached hydrogens (tertiary/aromatic N) is 2. The van der Waals surface area contributed by atoms with Gasteiger partial charge in [0, 0.05) is 30.7 Å². The second-order valence-electron chi connectivity index (χ2n) is 7.89. The Labute approximate surface area is 185 Å². The number of hydrogen-bond acceptors (Lipinski definition) is 5. The van der Waals surface area contributed by atoms with Crippen molar-refractivity contribution in [3.8, 4) is 10.6 Å². The molecule has 156 valence electrons. The Morgan fingerprint density at radius 3 is 2.65 bits per heavy atom. The van der Waals surface area contributed by atoms with Crippen LogP contribution in [0.5, 0.6) is 0 Å². The molecule has 3 heterocycles. The van der Waals surface area contributed by atoms with E-state index >= 15 is 0 Å². The van der Waals surface area contributed by atoms with Crippen LogP contribution in [0, 0.1) is 6.92 Å². The summed E-state index contributed by atoms with van der Waals surface area (Å²) in [6.07, 6.45) is 3.12. The van der Waals surface area contributed by atoms with Gasteiger partial charge in [0.25, 0.3) is 0 Å². The predicted molar refractivity (Wildman–Crippen MR) is 124 cm³/mol. The van der Waals surface area contributed by atoms with E-state index in [4.69, 9.17) is 9.72 Å². The Morgan fingerprint density at radius 1 is 1.06 bits per heavy atom. The lowest BCUT2D eigenvalue weighted by molar-refractivity contribution is -0.125. The highest BCUT2D eigenvalue weighted by molar-refractivity contribution is 7.21. The Bertz CT molecular complexity index is 1200.